The van der Waals surface area contributed by atoms with Crippen molar-refractivity contribution in [1.82, 2.24) is 14.8 Å². The Morgan fingerprint density at radius 1 is 0.967 bits per heavy atom. The van der Waals surface area contributed by atoms with E-state index in [0.717, 1.165) is 42.7 Å². The number of carbonyl (C=O) groups excluding carboxylic acids is 2. The van der Waals surface area contributed by atoms with Crippen LogP contribution in [0.1, 0.15) is 36.9 Å². The second-order valence-electron chi connectivity index (χ2n) is 8.19. The molecule has 2 heterocycles. The predicted octanol–water partition coefficient (Wildman–Crippen LogP) is 2.82. The Morgan fingerprint density at radius 3 is 2.23 bits per heavy atom. The largest absolute Gasteiger partial charge is 0.497 e. The fourth-order valence-corrected chi connectivity index (χ4v) is 4.75. The molecule has 1 aromatic carbocycles. The SMILES string of the molecule is COc1ccc(C2(C(=O)N3CCN(C(=O)Cc4ccccn4)CC3)CCCC2)cc1. The Labute approximate surface area is 177 Å². The number of ether oxygens (including phenoxy) is 1. The fraction of sp³-hybridized carbons (Fsp3) is 0.458. The number of benzene rings is 1. The number of methoxy groups -OCH3 is 1. The van der Waals surface area contributed by atoms with Crippen LogP contribution in [0.5, 0.6) is 5.75 Å². The summed E-state index contributed by atoms with van der Waals surface area (Å²) in [7, 11) is 1.65. The van der Waals surface area contributed by atoms with Crippen molar-refractivity contribution in [3.8, 4) is 5.75 Å². The van der Waals surface area contributed by atoms with E-state index in [1.165, 1.54) is 0 Å². The zero-order valence-electron chi connectivity index (χ0n) is 17.5. The van der Waals surface area contributed by atoms with Crippen molar-refractivity contribution in [1.29, 1.82) is 0 Å². The fourth-order valence-electron chi connectivity index (χ4n) is 4.75. The summed E-state index contributed by atoms with van der Waals surface area (Å²) in [5.41, 5.74) is 1.43. The van der Waals surface area contributed by atoms with E-state index in [2.05, 4.69) is 4.98 Å². The first-order chi connectivity index (χ1) is 14.6. The van der Waals surface area contributed by atoms with Crippen molar-refractivity contribution in [3.63, 3.8) is 0 Å². The van der Waals surface area contributed by atoms with Gasteiger partial charge in [0.15, 0.2) is 0 Å². The Kier molecular flexibility index (Phi) is 6.02. The number of piperazine rings is 1. The van der Waals surface area contributed by atoms with E-state index in [9.17, 15) is 9.59 Å². The van der Waals surface area contributed by atoms with Crippen molar-refractivity contribution < 1.29 is 14.3 Å². The molecule has 1 aromatic heterocycles. The standard InChI is InChI=1S/C24H29N3O3/c1-30-21-9-7-19(8-10-21)24(11-3-4-12-24)23(29)27-16-14-26(15-17-27)22(28)18-20-6-2-5-13-25-20/h2,5-10,13H,3-4,11-12,14-18H2,1H3. The molecular formula is C24H29N3O3. The minimum Gasteiger partial charge on any atom is -0.497 e. The molecule has 0 spiro atoms. The molecule has 4 rings (SSSR count). The monoisotopic (exact) mass is 407 g/mol. The zero-order valence-corrected chi connectivity index (χ0v) is 17.5. The average molecular weight is 408 g/mol. The van der Waals surface area contributed by atoms with Gasteiger partial charge in [0, 0.05) is 38.1 Å². The number of hydrogen-bond acceptors (Lipinski definition) is 4. The van der Waals surface area contributed by atoms with Gasteiger partial charge in [-0.05, 0) is 42.7 Å². The van der Waals surface area contributed by atoms with Gasteiger partial charge in [0.1, 0.15) is 5.75 Å². The number of hydrogen-bond donors (Lipinski definition) is 0. The first kappa shape index (κ1) is 20.4. The molecule has 158 valence electrons. The maximum Gasteiger partial charge on any atom is 0.233 e. The highest BCUT2D eigenvalue weighted by atomic mass is 16.5. The van der Waals surface area contributed by atoms with Crippen molar-refractivity contribution in [2.24, 2.45) is 0 Å². The van der Waals surface area contributed by atoms with Crippen LogP contribution in [-0.4, -0.2) is 59.9 Å². The molecule has 30 heavy (non-hydrogen) atoms. The highest BCUT2D eigenvalue weighted by molar-refractivity contribution is 5.89. The highest BCUT2D eigenvalue weighted by Gasteiger charge is 2.45. The smallest absolute Gasteiger partial charge is 0.233 e. The highest BCUT2D eigenvalue weighted by Crippen LogP contribution is 2.43. The molecule has 0 radical (unpaired) electrons. The van der Waals surface area contributed by atoms with Crippen LogP contribution in [0, 0.1) is 0 Å². The van der Waals surface area contributed by atoms with E-state index in [4.69, 9.17) is 4.74 Å². The van der Waals surface area contributed by atoms with E-state index in [1.54, 1.807) is 13.3 Å². The summed E-state index contributed by atoms with van der Waals surface area (Å²) in [4.78, 5) is 34.3. The van der Waals surface area contributed by atoms with E-state index < -0.39 is 5.41 Å². The van der Waals surface area contributed by atoms with Gasteiger partial charge in [0.25, 0.3) is 0 Å². The molecule has 0 unspecified atom stereocenters. The van der Waals surface area contributed by atoms with E-state index >= 15 is 0 Å². The van der Waals surface area contributed by atoms with Crippen molar-refractivity contribution in [3.05, 3.63) is 59.9 Å². The van der Waals surface area contributed by atoms with Gasteiger partial charge in [-0.3, -0.25) is 14.6 Å². The molecule has 6 heteroatoms. The quantitative estimate of drug-likeness (QED) is 0.765. The van der Waals surface area contributed by atoms with Crippen molar-refractivity contribution in [2.45, 2.75) is 37.5 Å². The Balaban J connectivity index is 1.41. The summed E-state index contributed by atoms with van der Waals surface area (Å²) in [6, 6.07) is 13.6. The van der Waals surface area contributed by atoms with E-state index in [0.29, 0.717) is 32.6 Å². The third-order valence-corrected chi connectivity index (χ3v) is 6.49. The second-order valence-corrected chi connectivity index (χ2v) is 8.19. The first-order valence-corrected chi connectivity index (χ1v) is 10.7. The van der Waals surface area contributed by atoms with Crippen LogP contribution < -0.4 is 4.74 Å². The lowest BCUT2D eigenvalue weighted by Gasteiger charge is -2.40. The van der Waals surface area contributed by atoms with Crippen LogP contribution in [0.3, 0.4) is 0 Å². The molecule has 2 fully saturated rings. The number of nitrogens with zero attached hydrogens (tertiary/aromatic N) is 3. The third kappa shape index (κ3) is 4.04. The maximum atomic E-state index is 13.6. The first-order valence-electron chi connectivity index (χ1n) is 10.7. The summed E-state index contributed by atoms with van der Waals surface area (Å²) in [5.74, 6) is 1.09. The molecule has 1 saturated heterocycles. The molecule has 2 amide bonds. The minimum absolute atomic E-state index is 0.0755. The van der Waals surface area contributed by atoms with Gasteiger partial charge < -0.3 is 14.5 Å². The minimum atomic E-state index is -0.438. The summed E-state index contributed by atoms with van der Waals surface area (Å²) in [6.07, 6.45) is 5.93. The summed E-state index contributed by atoms with van der Waals surface area (Å²) in [6.45, 7) is 2.33. The molecule has 0 atom stereocenters. The van der Waals surface area contributed by atoms with Gasteiger partial charge in [0.05, 0.1) is 18.9 Å². The Morgan fingerprint density at radius 2 is 1.63 bits per heavy atom. The third-order valence-electron chi connectivity index (χ3n) is 6.49. The topological polar surface area (TPSA) is 62.7 Å². The van der Waals surface area contributed by atoms with Gasteiger partial charge in [-0.25, -0.2) is 0 Å². The maximum absolute atomic E-state index is 13.6. The molecule has 1 saturated carbocycles. The average Bonchev–Trinajstić information content (AvgIpc) is 3.30. The van der Waals surface area contributed by atoms with E-state index in [-0.39, 0.29) is 11.8 Å². The zero-order chi connectivity index (χ0) is 21.0. The number of rotatable bonds is 5. The second kappa shape index (κ2) is 8.86. The Hall–Kier alpha value is -2.89. The lowest BCUT2D eigenvalue weighted by molar-refractivity contribution is -0.143. The van der Waals surface area contributed by atoms with Gasteiger partial charge in [-0.15, -0.1) is 0 Å². The van der Waals surface area contributed by atoms with Crippen LogP contribution in [0.25, 0.3) is 0 Å². The van der Waals surface area contributed by atoms with Crippen LogP contribution in [0.4, 0.5) is 0 Å². The summed E-state index contributed by atoms with van der Waals surface area (Å²) in [5, 5.41) is 0. The molecule has 0 bridgehead atoms. The van der Waals surface area contributed by atoms with Gasteiger partial charge in [-0.1, -0.05) is 31.0 Å². The van der Waals surface area contributed by atoms with Crippen LogP contribution in [0.15, 0.2) is 48.7 Å². The van der Waals surface area contributed by atoms with E-state index in [1.807, 2.05) is 52.3 Å². The molecule has 1 aliphatic heterocycles. The van der Waals surface area contributed by atoms with Crippen molar-refractivity contribution in [2.75, 3.05) is 33.3 Å². The van der Waals surface area contributed by atoms with Crippen LogP contribution >= 0.6 is 0 Å². The van der Waals surface area contributed by atoms with Gasteiger partial charge >= 0.3 is 0 Å². The van der Waals surface area contributed by atoms with Gasteiger partial charge in [0.2, 0.25) is 11.8 Å². The Bertz CT molecular complexity index is 868. The predicted molar refractivity (Wildman–Crippen MR) is 114 cm³/mol. The number of aromatic nitrogens is 1. The summed E-state index contributed by atoms with van der Waals surface area (Å²) < 4.78 is 5.28. The normalized spacial score (nSPS) is 18.3. The lowest BCUT2D eigenvalue weighted by Crippen LogP contribution is -2.55. The number of pyridine rings is 1. The molecule has 2 aliphatic rings. The number of amides is 2. The van der Waals surface area contributed by atoms with Crippen LogP contribution in [-0.2, 0) is 21.4 Å². The van der Waals surface area contributed by atoms with Crippen LogP contribution in [0.2, 0.25) is 0 Å². The summed E-state index contributed by atoms with van der Waals surface area (Å²) >= 11 is 0. The molecule has 0 N–H and O–H groups in total. The lowest BCUT2D eigenvalue weighted by atomic mass is 9.77. The van der Waals surface area contributed by atoms with Gasteiger partial charge in [-0.2, -0.15) is 0 Å². The number of carbonyl (C=O) groups is 2. The molecule has 1 aliphatic carbocycles. The van der Waals surface area contributed by atoms with Crippen molar-refractivity contribution >= 4 is 11.8 Å². The molecule has 2 aromatic rings. The molecular weight excluding hydrogens is 378 g/mol. The molecule has 6 nitrogen and oxygen atoms in total.